The van der Waals surface area contributed by atoms with Gasteiger partial charge in [-0.3, -0.25) is 4.79 Å². The van der Waals surface area contributed by atoms with E-state index in [1.54, 1.807) is 0 Å². The molecule has 3 aromatic rings. The smallest absolute Gasteiger partial charge is 0.226 e. The van der Waals surface area contributed by atoms with E-state index in [1.807, 2.05) is 36.6 Å². The number of carbonyl (C=O) groups is 1. The van der Waals surface area contributed by atoms with Gasteiger partial charge in [-0.25, -0.2) is 4.98 Å². The van der Waals surface area contributed by atoms with Gasteiger partial charge in [0, 0.05) is 17.4 Å². The second-order valence-corrected chi connectivity index (χ2v) is 7.96. The van der Waals surface area contributed by atoms with Gasteiger partial charge >= 0.3 is 0 Å². The summed E-state index contributed by atoms with van der Waals surface area (Å²) in [6.07, 6.45) is 1.07. The predicted octanol–water partition coefficient (Wildman–Crippen LogP) is 5.84. The van der Waals surface area contributed by atoms with E-state index in [4.69, 9.17) is 4.74 Å². The molecule has 0 fully saturated rings. The van der Waals surface area contributed by atoms with Crippen molar-refractivity contribution < 1.29 is 9.53 Å². The number of aryl methyl sites for hydroxylation is 4. The Morgan fingerprint density at radius 2 is 1.75 bits per heavy atom. The third-order valence-corrected chi connectivity index (χ3v) is 5.46. The Labute approximate surface area is 170 Å². The maximum absolute atomic E-state index is 12.2. The molecule has 1 N–H and O–H groups in total. The van der Waals surface area contributed by atoms with E-state index in [2.05, 4.69) is 43.2 Å². The molecule has 4 nitrogen and oxygen atoms in total. The molecule has 0 atom stereocenters. The van der Waals surface area contributed by atoms with E-state index in [0.29, 0.717) is 24.6 Å². The second kappa shape index (κ2) is 9.02. The minimum Gasteiger partial charge on any atom is -0.494 e. The number of hydrogen-bond donors (Lipinski definition) is 1. The van der Waals surface area contributed by atoms with Crippen LogP contribution in [0.1, 0.15) is 35.1 Å². The van der Waals surface area contributed by atoms with Crippen molar-refractivity contribution in [2.75, 3.05) is 11.9 Å². The molecule has 0 radical (unpaired) electrons. The predicted molar refractivity (Wildman–Crippen MR) is 116 cm³/mol. The summed E-state index contributed by atoms with van der Waals surface area (Å²) in [5.41, 5.74) is 6.94. The lowest BCUT2D eigenvalue weighted by Crippen LogP contribution is -2.12. The van der Waals surface area contributed by atoms with Crippen LogP contribution in [-0.2, 0) is 4.79 Å². The minimum absolute atomic E-state index is 0.0368. The maximum Gasteiger partial charge on any atom is 0.226 e. The number of aromatic nitrogens is 1. The molecule has 0 aliphatic rings. The van der Waals surface area contributed by atoms with Crippen molar-refractivity contribution in [3.8, 4) is 17.0 Å². The van der Waals surface area contributed by atoms with Gasteiger partial charge < -0.3 is 10.1 Å². The highest BCUT2D eigenvalue weighted by atomic mass is 32.1. The summed E-state index contributed by atoms with van der Waals surface area (Å²) < 4.78 is 5.66. The molecule has 0 saturated heterocycles. The Morgan fingerprint density at radius 1 is 1.04 bits per heavy atom. The molecule has 1 amide bonds. The minimum atomic E-state index is -0.0368. The van der Waals surface area contributed by atoms with Crippen molar-refractivity contribution in [1.82, 2.24) is 4.98 Å². The largest absolute Gasteiger partial charge is 0.494 e. The number of benzene rings is 2. The van der Waals surface area contributed by atoms with Crippen LogP contribution in [-0.4, -0.2) is 17.5 Å². The molecule has 0 aliphatic carbocycles. The van der Waals surface area contributed by atoms with Gasteiger partial charge in [-0.15, -0.1) is 11.3 Å². The van der Waals surface area contributed by atoms with E-state index >= 15 is 0 Å². The summed E-state index contributed by atoms with van der Waals surface area (Å²) in [4.78, 5) is 16.8. The van der Waals surface area contributed by atoms with Gasteiger partial charge in [0.15, 0.2) is 5.13 Å². The van der Waals surface area contributed by atoms with Gasteiger partial charge in [0.25, 0.3) is 0 Å². The Bertz CT molecular complexity index is 961. The molecule has 2 aromatic carbocycles. The van der Waals surface area contributed by atoms with Crippen molar-refractivity contribution >= 4 is 22.4 Å². The number of rotatable bonds is 7. The first kappa shape index (κ1) is 20.1. The van der Waals surface area contributed by atoms with Gasteiger partial charge in [0.2, 0.25) is 5.91 Å². The Kier molecular flexibility index (Phi) is 6.47. The molecule has 0 spiro atoms. The fourth-order valence-corrected chi connectivity index (χ4v) is 3.66. The van der Waals surface area contributed by atoms with Crippen molar-refractivity contribution in [3.63, 3.8) is 0 Å². The van der Waals surface area contributed by atoms with Crippen LogP contribution in [0, 0.1) is 27.7 Å². The van der Waals surface area contributed by atoms with Crippen LogP contribution in [0.15, 0.2) is 41.8 Å². The van der Waals surface area contributed by atoms with E-state index in [9.17, 15) is 4.79 Å². The van der Waals surface area contributed by atoms with Gasteiger partial charge in [0.1, 0.15) is 5.75 Å². The standard InChI is InChI=1S/C23H26N2O2S/c1-15-7-9-19(10-8-15)27-11-5-6-22(26)25-23-24-21(14-28-23)20-13-17(3)16(2)12-18(20)4/h7-10,12-14H,5-6,11H2,1-4H3,(H,24,25,26). The number of nitrogens with zero attached hydrogens (tertiary/aromatic N) is 1. The highest BCUT2D eigenvalue weighted by molar-refractivity contribution is 7.14. The molecular formula is C23H26N2O2S. The monoisotopic (exact) mass is 394 g/mol. The zero-order valence-electron chi connectivity index (χ0n) is 16.8. The summed E-state index contributed by atoms with van der Waals surface area (Å²) in [6.45, 7) is 8.86. The molecule has 0 saturated carbocycles. The number of thiazole rings is 1. The molecule has 0 aliphatic heterocycles. The quantitative estimate of drug-likeness (QED) is 0.512. The topological polar surface area (TPSA) is 51.2 Å². The van der Waals surface area contributed by atoms with Crippen LogP contribution >= 0.6 is 11.3 Å². The first-order valence-electron chi connectivity index (χ1n) is 9.45. The maximum atomic E-state index is 12.2. The van der Waals surface area contributed by atoms with E-state index in [-0.39, 0.29) is 5.91 Å². The number of amides is 1. The third-order valence-electron chi connectivity index (χ3n) is 4.71. The highest BCUT2D eigenvalue weighted by Gasteiger charge is 2.11. The van der Waals surface area contributed by atoms with Crippen LogP contribution in [0.3, 0.4) is 0 Å². The Morgan fingerprint density at radius 3 is 2.50 bits per heavy atom. The molecule has 3 rings (SSSR count). The molecule has 5 heteroatoms. The van der Waals surface area contributed by atoms with Crippen LogP contribution in [0.2, 0.25) is 0 Å². The first-order chi connectivity index (χ1) is 13.4. The van der Waals surface area contributed by atoms with Crippen molar-refractivity contribution in [1.29, 1.82) is 0 Å². The zero-order chi connectivity index (χ0) is 20.1. The summed E-state index contributed by atoms with van der Waals surface area (Å²) in [7, 11) is 0. The molecule has 0 bridgehead atoms. The van der Waals surface area contributed by atoms with Crippen LogP contribution < -0.4 is 10.1 Å². The fraction of sp³-hybridized carbons (Fsp3) is 0.304. The van der Waals surface area contributed by atoms with Gasteiger partial charge in [0.05, 0.1) is 12.3 Å². The molecule has 0 unspecified atom stereocenters. The average molecular weight is 395 g/mol. The van der Waals surface area contributed by atoms with Gasteiger partial charge in [-0.2, -0.15) is 0 Å². The molecule has 146 valence electrons. The van der Waals surface area contributed by atoms with Crippen molar-refractivity contribution in [2.24, 2.45) is 0 Å². The fourth-order valence-electron chi connectivity index (χ4n) is 2.93. The van der Waals surface area contributed by atoms with Crippen LogP contribution in [0.5, 0.6) is 5.75 Å². The lowest BCUT2D eigenvalue weighted by molar-refractivity contribution is -0.116. The lowest BCUT2D eigenvalue weighted by atomic mass is 9.99. The third kappa shape index (κ3) is 5.20. The number of anilines is 1. The number of carbonyl (C=O) groups excluding carboxylic acids is 1. The Balaban J connectivity index is 1.50. The zero-order valence-corrected chi connectivity index (χ0v) is 17.7. The number of ether oxygens (including phenoxy) is 1. The summed E-state index contributed by atoms with van der Waals surface area (Å²) in [5, 5.41) is 5.53. The Hall–Kier alpha value is -2.66. The lowest BCUT2D eigenvalue weighted by Gasteiger charge is -2.07. The molecule has 1 heterocycles. The number of nitrogens with one attached hydrogen (secondary N) is 1. The van der Waals surface area contributed by atoms with Gasteiger partial charge in [-0.1, -0.05) is 23.8 Å². The van der Waals surface area contributed by atoms with E-state index in [0.717, 1.165) is 17.0 Å². The van der Waals surface area contributed by atoms with Gasteiger partial charge in [-0.05, 0) is 69.0 Å². The normalized spacial score (nSPS) is 10.7. The van der Waals surface area contributed by atoms with Crippen molar-refractivity contribution in [2.45, 2.75) is 40.5 Å². The summed E-state index contributed by atoms with van der Waals surface area (Å²) >= 11 is 1.45. The molecule has 28 heavy (non-hydrogen) atoms. The van der Waals surface area contributed by atoms with Crippen molar-refractivity contribution in [3.05, 3.63) is 64.0 Å². The van der Waals surface area contributed by atoms with E-state index in [1.165, 1.54) is 33.6 Å². The highest BCUT2D eigenvalue weighted by Crippen LogP contribution is 2.29. The van der Waals surface area contributed by atoms with E-state index < -0.39 is 0 Å². The molecular weight excluding hydrogens is 368 g/mol. The summed E-state index contributed by atoms with van der Waals surface area (Å²) in [6, 6.07) is 12.3. The van der Waals surface area contributed by atoms with Crippen LogP contribution in [0.25, 0.3) is 11.3 Å². The average Bonchev–Trinajstić information content (AvgIpc) is 3.11. The second-order valence-electron chi connectivity index (χ2n) is 7.10. The first-order valence-corrected chi connectivity index (χ1v) is 10.3. The summed E-state index contributed by atoms with van der Waals surface area (Å²) in [5.74, 6) is 0.796. The SMILES string of the molecule is Cc1ccc(OCCCC(=O)Nc2nc(-c3cc(C)c(C)cc3C)cs2)cc1. The molecule has 1 aromatic heterocycles. The van der Waals surface area contributed by atoms with Crippen LogP contribution in [0.4, 0.5) is 5.13 Å². The number of hydrogen-bond acceptors (Lipinski definition) is 4.